The number of carbonyl (C=O) groups is 2. The highest BCUT2D eigenvalue weighted by molar-refractivity contribution is 6.14. The predicted molar refractivity (Wildman–Crippen MR) is 134 cm³/mol. The van der Waals surface area contributed by atoms with E-state index in [4.69, 9.17) is 4.74 Å². The molecule has 0 aliphatic heterocycles. The molecule has 0 bridgehead atoms. The molecule has 10 nitrogen and oxygen atoms in total. The van der Waals surface area contributed by atoms with Crippen LogP contribution in [0, 0.1) is 0 Å². The third kappa shape index (κ3) is 3.63. The van der Waals surface area contributed by atoms with E-state index in [2.05, 4.69) is 4.98 Å². The Kier molecular flexibility index (Phi) is 5.63. The van der Waals surface area contributed by atoms with Crippen molar-refractivity contribution in [1.82, 2.24) is 23.3 Å². The van der Waals surface area contributed by atoms with E-state index in [1.165, 1.54) is 29.6 Å². The van der Waals surface area contributed by atoms with Gasteiger partial charge in [-0.2, -0.15) is 0 Å². The van der Waals surface area contributed by atoms with Gasteiger partial charge in [-0.3, -0.25) is 23.5 Å². The van der Waals surface area contributed by atoms with Gasteiger partial charge in [-0.15, -0.1) is 0 Å². The Bertz CT molecular complexity index is 1770. The Morgan fingerprint density at radius 3 is 2.33 bits per heavy atom. The van der Waals surface area contributed by atoms with Crippen LogP contribution in [0.15, 0.2) is 70.5 Å². The molecule has 2 aromatic carbocycles. The molecule has 182 valence electrons. The van der Waals surface area contributed by atoms with E-state index in [9.17, 15) is 19.2 Å². The van der Waals surface area contributed by atoms with Gasteiger partial charge in [0.05, 0.1) is 17.6 Å². The molecule has 36 heavy (non-hydrogen) atoms. The van der Waals surface area contributed by atoms with Crippen LogP contribution in [0.3, 0.4) is 0 Å². The van der Waals surface area contributed by atoms with Crippen molar-refractivity contribution >= 4 is 33.8 Å². The molecule has 0 N–H and O–H groups in total. The number of benzene rings is 2. The number of nitrogens with zero attached hydrogens (tertiary/aromatic N) is 5. The average Bonchev–Trinajstić information content (AvgIpc) is 3.44. The average molecular weight is 486 g/mol. The lowest BCUT2D eigenvalue weighted by atomic mass is 10.0. The second-order valence-corrected chi connectivity index (χ2v) is 8.50. The van der Waals surface area contributed by atoms with Gasteiger partial charge in [0.15, 0.2) is 17.8 Å². The number of fused-ring (bicyclic) bond motifs is 2. The van der Waals surface area contributed by atoms with E-state index >= 15 is 0 Å². The number of aryl methyl sites for hydroxylation is 2. The highest BCUT2D eigenvalue weighted by atomic mass is 16.5. The van der Waals surface area contributed by atoms with E-state index in [1.54, 1.807) is 0 Å². The van der Waals surface area contributed by atoms with Crippen LogP contribution >= 0.6 is 0 Å². The minimum atomic E-state index is -0.708. The van der Waals surface area contributed by atoms with Crippen molar-refractivity contribution in [2.45, 2.75) is 6.54 Å². The maximum Gasteiger partial charge on any atom is 0.332 e. The Hall–Kier alpha value is -4.73. The standard InChI is InChI=1S/C26H23N5O5/c1-28-18-12-8-7-11-17(18)21(22(28)16-9-5-4-6-10-16)19(32)14-36-20(33)13-31-15-27-24-23(31)25(34)30(3)26(35)29(24)2/h4-12,15H,13-14H2,1-3H3. The maximum atomic E-state index is 13.4. The minimum Gasteiger partial charge on any atom is -0.456 e. The molecule has 0 unspecified atom stereocenters. The van der Waals surface area contributed by atoms with Crippen molar-refractivity contribution in [3.05, 3.63) is 87.3 Å². The summed E-state index contributed by atoms with van der Waals surface area (Å²) in [6.07, 6.45) is 1.30. The first kappa shape index (κ1) is 23.0. The smallest absolute Gasteiger partial charge is 0.332 e. The molecule has 0 saturated heterocycles. The monoisotopic (exact) mass is 485 g/mol. The van der Waals surface area contributed by atoms with Crippen LogP contribution in [0.25, 0.3) is 33.3 Å². The summed E-state index contributed by atoms with van der Waals surface area (Å²) in [4.78, 5) is 54.8. The number of hydrogen-bond donors (Lipinski definition) is 0. The summed E-state index contributed by atoms with van der Waals surface area (Å²) in [5.74, 6) is -1.05. The Morgan fingerprint density at radius 2 is 1.58 bits per heavy atom. The summed E-state index contributed by atoms with van der Waals surface area (Å²) >= 11 is 0. The van der Waals surface area contributed by atoms with Crippen molar-refractivity contribution in [2.24, 2.45) is 21.1 Å². The third-order valence-corrected chi connectivity index (χ3v) is 6.31. The normalized spacial score (nSPS) is 11.3. The van der Waals surface area contributed by atoms with Crippen molar-refractivity contribution < 1.29 is 14.3 Å². The summed E-state index contributed by atoms with van der Waals surface area (Å²) in [7, 11) is 4.74. The van der Waals surface area contributed by atoms with Crippen molar-refractivity contribution in [3.63, 3.8) is 0 Å². The molecule has 10 heteroatoms. The molecule has 5 rings (SSSR count). The van der Waals surface area contributed by atoms with Gasteiger partial charge in [-0.25, -0.2) is 9.78 Å². The number of Topliss-reactive ketones (excluding diaryl/α,β-unsaturated/α-hetero) is 1. The zero-order valence-corrected chi connectivity index (χ0v) is 20.0. The van der Waals surface area contributed by atoms with Crippen molar-refractivity contribution in [2.75, 3.05) is 6.61 Å². The number of aromatic nitrogens is 5. The second-order valence-electron chi connectivity index (χ2n) is 8.50. The van der Waals surface area contributed by atoms with Crippen LogP contribution in [0.2, 0.25) is 0 Å². The fourth-order valence-corrected chi connectivity index (χ4v) is 4.53. The molecule has 0 radical (unpaired) electrons. The van der Waals surface area contributed by atoms with Crippen LogP contribution in [0.4, 0.5) is 0 Å². The molecule has 0 aliphatic carbocycles. The summed E-state index contributed by atoms with van der Waals surface area (Å²) in [5, 5.41) is 0.768. The van der Waals surface area contributed by atoms with E-state index in [0.29, 0.717) is 5.56 Å². The fraction of sp³-hybridized carbons (Fsp3) is 0.192. The van der Waals surface area contributed by atoms with Crippen molar-refractivity contribution in [3.8, 4) is 11.3 Å². The topological polar surface area (TPSA) is 110 Å². The van der Waals surface area contributed by atoms with Gasteiger partial charge >= 0.3 is 11.7 Å². The number of para-hydroxylation sites is 1. The van der Waals surface area contributed by atoms with E-state index in [0.717, 1.165) is 26.7 Å². The Morgan fingerprint density at radius 1 is 0.889 bits per heavy atom. The van der Waals surface area contributed by atoms with Gasteiger partial charge in [0.2, 0.25) is 5.78 Å². The predicted octanol–water partition coefficient (Wildman–Crippen LogP) is 2.02. The van der Waals surface area contributed by atoms with Crippen LogP contribution < -0.4 is 11.2 Å². The minimum absolute atomic E-state index is 0.100. The van der Waals surface area contributed by atoms with Gasteiger partial charge in [0, 0.05) is 32.0 Å². The van der Waals surface area contributed by atoms with Crippen LogP contribution in [0.1, 0.15) is 10.4 Å². The highest BCUT2D eigenvalue weighted by Crippen LogP contribution is 2.33. The molecule has 0 atom stereocenters. The first-order valence-corrected chi connectivity index (χ1v) is 11.2. The molecule has 5 aromatic rings. The Labute approximate surface area is 204 Å². The number of rotatable bonds is 6. The zero-order chi connectivity index (χ0) is 25.6. The number of esters is 1. The summed E-state index contributed by atoms with van der Waals surface area (Å²) < 4.78 is 10.8. The number of ketones is 1. The first-order valence-electron chi connectivity index (χ1n) is 11.2. The SMILES string of the molecule is Cn1c(=O)c2c(ncn2CC(=O)OCC(=O)c2c(-c3ccccc3)n(C)c3ccccc23)n(C)c1=O. The molecule has 0 aliphatic rings. The quantitative estimate of drug-likeness (QED) is 0.269. The second kappa shape index (κ2) is 8.81. The zero-order valence-electron chi connectivity index (χ0n) is 20.0. The van der Waals surface area contributed by atoms with Gasteiger partial charge in [0.1, 0.15) is 6.54 Å². The molecule has 3 aromatic heterocycles. The largest absolute Gasteiger partial charge is 0.456 e. The highest BCUT2D eigenvalue weighted by Gasteiger charge is 2.23. The first-order chi connectivity index (χ1) is 17.3. The number of imidazole rings is 1. The molecule has 0 saturated carbocycles. The summed E-state index contributed by atoms with van der Waals surface area (Å²) in [5.41, 5.74) is 2.15. The lowest BCUT2D eigenvalue weighted by molar-refractivity contribution is -0.143. The van der Waals surface area contributed by atoms with Gasteiger partial charge < -0.3 is 13.9 Å². The molecule has 0 fully saturated rings. The van der Waals surface area contributed by atoms with Crippen LogP contribution in [-0.2, 0) is 37.2 Å². The van der Waals surface area contributed by atoms with Crippen LogP contribution in [0.5, 0.6) is 0 Å². The Balaban J connectivity index is 1.43. The molecular formula is C26H23N5O5. The van der Waals surface area contributed by atoms with Crippen LogP contribution in [-0.4, -0.2) is 41.6 Å². The van der Waals surface area contributed by atoms with Crippen molar-refractivity contribution in [1.29, 1.82) is 0 Å². The molecular weight excluding hydrogens is 462 g/mol. The molecule has 0 amide bonds. The lowest BCUT2D eigenvalue weighted by Gasteiger charge is -2.09. The molecule has 0 spiro atoms. The van der Waals surface area contributed by atoms with Gasteiger partial charge in [-0.1, -0.05) is 48.5 Å². The fourth-order valence-electron chi connectivity index (χ4n) is 4.53. The van der Waals surface area contributed by atoms with Gasteiger partial charge in [-0.05, 0) is 11.6 Å². The lowest BCUT2D eigenvalue weighted by Crippen LogP contribution is -2.37. The van der Waals surface area contributed by atoms with E-state index in [-0.39, 0.29) is 23.5 Å². The van der Waals surface area contributed by atoms with E-state index < -0.39 is 23.8 Å². The summed E-state index contributed by atoms with van der Waals surface area (Å²) in [6, 6.07) is 17.1. The summed E-state index contributed by atoms with van der Waals surface area (Å²) in [6.45, 7) is -0.798. The van der Waals surface area contributed by atoms with E-state index in [1.807, 2.05) is 66.2 Å². The number of hydrogen-bond acceptors (Lipinski definition) is 6. The third-order valence-electron chi connectivity index (χ3n) is 6.31. The molecule has 3 heterocycles. The number of carbonyl (C=O) groups excluding carboxylic acids is 2. The number of ether oxygens (including phenoxy) is 1. The van der Waals surface area contributed by atoms with Gasteiger partial charge in [0.25, 0.3) is 5.56 Å². The maximum absolute atomic E-state index is 13.4.